The summed E-state index contributed by atoms with van der Waals surface area (Å²) in [5.41, 5.74) is 3.88. The lowest BCUT2D eigenvalue weighted by molar-refractivity contribution is -0.141. The van der Waals surface area contributed by atoms with Gasteiger partial charge in [0.2, 0.25) is 5.95 Å². The fourth-order valence-electron chi connectivity index (χ4n) is 3.17. The summed E-state index contributed by atoms with van der Waals surface area (Å²) >= 11 is 0. The van der Waals surface area contributed by atoms with Gasteiger partial charge in [-0.05, 0) is 37.3 Å². The Balaban J connectivity index is 1.82. The number of hydrogen-bond donors (Lipinski definition) is 1. The van der Waals surface area contributed by atoms with Crippen LogP contribution >= 0.6 is 0 Å². The van der Waals surface area contributed by atoms with E-state index < -0.39 is 29.4 Å². The Morgan fingerprint density at radius 2 is 1.63 bits per heavy atom. The van der Waals surface area contributed by atoms with E-state index in [0.29, 0.717) is 17.3 Å². The summed E-state index contributed by atoms with van der Waals surface area (Å²) in [5, 5.41) is 0. The van der Waals surface area contributed by atoms with Gasteiger partial charge in [-0.1, -0.05) is 6.07 Å². The molecule has 3 heterocycles. The molecular formula is C22H16F6N6O. The van der Waals surface area contributed by atoms with Gasteiger partial charge in [-0.2, -0.15) is 26.3 Å². The van der Waals surface area contributed by atoms with Crippen molar-refractivity contribution in [3.8, 4) is 34.2 Å². The Bertz CT molecular complexity index is 1350. The minimum atomic E-state index is -4.84. The van der Waals surface area contributed by atoms with Crippen molar-refractivity contribution in [3.05, 3.63) is 66.4 Å². The second-order valence-electron chi connectivity index (χ2n) is 7.22. The van der Waals surface area contributed by atoms with Gasteiger partial charge >= 0.3 is 12.4 Å². The third kappa shape index (κ3) is 5.18. The Morgan fingerprint density at radius 3 is 2.26 bits per heavy atom. The summed E-state index contributed by atoms with van der Waals surface area (Å²) in [7, 11) is 0. The summed E-state index contributed by atoms with van der Waals surface area (Å²) in [6.45, 7) is 1.41. The predicted octanol–water partition coefficient (Wildman–Crippen LogP) is 5.41. The number of nitrogens with two attached hydrogens (primary N) is 1. The summed E-state index contributed by atoms with van der Waals surface area (Å²) in [6.07, 6.45) is -5.50. The lowest BCUT2D eigenvalue weighted by Crippen LogP contribution is -2.13. The van der Waals surface area contributed by atoms with Crippen LogP contribution < -0.4 is 10.5 Å². The molecule has 0 fully saturated rings. The molecule has 4 rings (SSSR count). The molecular weight excluding hydrogens is 478 g/mol. The predicted molar refractivity (Wildman–Crippen MR) is 113 cm³/mol. The second-order valence-corrected chi connectivity index (χ2v) is 7.22. The van der Waals surface area contributed by atoms with E-state index in [1.54, 1.807) is 6.07 Å². The Morgan fingerprint density at radius 1 is 0.886 bits per heavy atom. The normalized spacial score (nSPS) is 12.1. The standard InChI is InChI=1S/C22H16F6N6O/c1-2-35-17-7-12(3-5-14(17)21(23,24)25)15-8-18(22(26,27)28)33-20(32-15)34-10-16(31-11-34)13-4-6-19(29)30-9-13/h3-11H,2H2,1H3,(H2,29,30). The van der Waals surface area contributed by atoms with Crippen LogP contribution in [0.5, 0.6) is 5.75 Å². The number of alkyl halides is 6. The zero-order chi connectivity index (χ0) is 25.4. The minimum Gasteiger partial charge on any atom is -0.493 e. The average Bonchev–Trinajstić information content (AvgIpc) is 3.28. The Hall–Kier alpha value is -4.16. The number of benzene rings is 1. The van der Waals surface area contributed by atoms with Gasteiger partial charge < -0.3 is 10.5 Å². The first kappa shape index (κ1) is 24.0. The van der Waals surface area contributed by atoms with Crippen molar-refractivity contribution in [3.63, 3.8) is 0 Å². The molecule has 0 saturated carbocycles. The van der Waals surface area contributed by atoms with E-state index in [1.807, 2.05) is 0 Å². The van der Waals surface area contributed by atoms with Gasteiger partial charge in [0.1, 0.15) is 17.9 Å². The monoisotopic (exact) mass is 494 g/mol. The van der Waals surface area contributed by atoms with Crippen molar-refractivity contribution in [1.29, 1.82) is 0 Å². The fourth-order valence-corrected chi connectivity index (χ4v) is 3.17. The number of anilines is 1. The van der Waals surface area contributed by atoms with Gasteiger partial charge in [0.15, 0.2) is 5.69 Å². The van der Waals surface area contributed by atoms with E-state index in [9.17, 15) is 26.3 Å². The van der Waals surface area contributed by atoms with Crippen LogP contribution in [0, 0.1) is 0 Å². The summed E-state index contributed by atoms with van der Waals surface area (Å²) in [6, 6.07) is 6.58. The van der Waals surface area contributed by atoms with Crippen LogP contribution in [0.25, 0.3) is 28.5 Å². The van der Waals surface area contributed by atoms with Crippen molar-refractivity contribution >= 4 is 5.82 Å². The average molecular weight is 494 g/mol. The van der Waals surface area contributed by atoms with E-state index in [0.717, 1.165) is 22.8 Å². The molecule has 0 saturated heterocycles. The maximum Gasteiger partial charge on any atom is 0.433 e. The smallest absolute Gasteiger partial charge is 0.433 e. The molecule has 0 aliphatic heterocycles. The number of nitrogen functional groups attached to an aromatic ring is 1. The van der Waals surface area contributed by atoms with E-state index in [1.165, 1.54) is 31.7 Å². The summed E-state index contributed by atoms with van der Waals surface area (Å²) < 4.78 is 86.9. The zero-order valence-electron chi connectivity index (χ0n) is 17.9. The number of imidazole rings is 1. The first-order valence-electron chi connectivity index (χ1n) is 10.0. The number of nitrogens with zero attached hydrogens (tertiary/aromatic N) is 5. The van der Waals surface area contributed by atoms with E-state index >= 15 is 0 Å². The van der Waals surface area contributed by atoms with Crippen LogP contribution in [0.2, 0.25) is 0 Å². The van der Waals surface area contributed by atoms with Crippen molar-refractivity contribution in [2.45, 2.75) is 19.3 Å². The highest BCUT2D eigenvalue weighted by Gasteiger charge is 2.36. The molecule has 0 spiro atoms. The third-order valence-electron chi connectivity index (χ3n) is 4.78. The molecule has 2 N–H and O–H groups in total. The molecule has 35 heavy (non-hydrogen) atoms. The van der Waals surface area contributed by atoms with Crippen LogP contribution in [0.15, 0.2) is 55.1 Å². The van der Waals surface area contributed by atoms with E-state index in [2.05, 4.69) is 19.9 Å². The molecule has 4 aromatic rings. The first-order valence-corrected chi connectivity index (χ1v) is 10.0. The van der Waals surface area contributed by atoms with Gasteiger partial charge in [-0.25, -0.2) is 19.9 Å². The van der Waals surface area contributed by atoms with Crippen LogP contribution in [0.4, 0.5) is 32.2 Å². The van der Waals surface area contributed by atoms with Crippen molar-refractivity contribution < 1.29 is 31.1 Å². The lowest BCUT2D eigenvalue weighted by Gasteiger charge is -2.15. The number of halogens is 6. The molecule has 1 aromatic carbocycles. The maximum absolute atomic E-state index is 13.6. The SMILES string of the molecule is CCOc1cc(-c2cc(C(F)(F)F)nc(-n3cnc(-c4ccc(N)nc4)c3)n2)ccc1C(F)(F)F. The van der Waals surface area contributed by atoms with Crippen molar-refractivity contribution in [1.82, 2.24) is 24.5 Å². The van der Waals surface area contributed by atoms with Gasteiger partial charge in [0.25, 0.3) is 0 Å². The molecule has 0 radical (unpaired) electrons. The molecule has 0 amide bonds. The van der Waals surface area contributed by atoms with Gasteiger partial charge in [0.05, 0.1) is 23.6 Å². The highest BCUT2D eigenvalue weighted by molar-refractivity contribution is 5.64. The van der Waals surface area contributed by atoms with E-state index in [4.69, 9.17) is 10.5 Å². The lowest BCUT2D eigenvalue weighted by atomic mass is 10.1. The topological polar surface area (TPSA) is 91.7 Å². The highest BCUT2D eigenvalue weighted by Crippen LogP contribution is 2.39. The third-order valence-corrected chi connectivity index (χ3v) is 4.78. The number of hydrogen-bond acceptors (Lipinski definition) is 6. The molecule has 7 nitrogen and oxygen atoms in total. The molecule has 0 bridgehead atoms. The number of rotatable bonds is 5. The fraction of sp³-hybridized carbons (Fsp3) is 0.182. The quantitative estimate of drug-likeness (QED) is 0.373. The van der Waals surface area contributed by atoms with Crippen LogP contribution in [-0.2, 0) is 12.4 Å². The van der Waals surface area contributed by atoms with E-state index in [-0.39, 0.29) is 29.6 Å². The van der Waals surface area contributed by atoms with Crippen LogP contribution in [-0.4, -0.2) is 31.1 Å². The van der Waals surface area contributed by atoms with Gasteiger partial charge in [0, 0.05) is 23.5 Å². The molecule has 0 unspecified atom stereocenters. The number of ether oxygens (including phenoxy) is 1. The molecule has 182 valence electrons. The molecule has 0 atom stereocenters. The summed E-state index contributed by atoms with van der Waals surface area (Å²) in [4.78, 5) is 15.8. The highest BCUT2D eigenvalue weighted by atomic mass is 19.4. The van der Waals surface area contributed by atoms with Crippen molar-refractivity contribution in [2.75, 3.05) is 12.3 Å². The summed E-state index contributed by atoms with van der Waals surface area (Å²) in [5.74, 6) is -0.621. The maximum atomic E-state index is 13.6. The van der Waals surface area contributed by atoms with Crippen molar-refractivity contribution in [2.24, 2.45) is 0 Å². The Kier molecular flexibility index (Phi) is 6.09. The van der Waals surface area contributed by atoms with Gasteiger partial charge in [-0.3, -0.25) is 4.57 Å². The zero-order valence-corrected chi connectivity index (χ0v) is 17.9. The number of pyridine rings is 1. The first-order chi connectivity index (χ1) is 16.5. The minimum absolute atomic E-state index is 0.0151. The largest absolute Gasteiger partial charge is 0.493 e. The Labute approximate surface area is 194 Å². The molecule has 13 heteroatoms. The second kappa shape index (κ2) is 8.89. The molecule has 0 aliphatic rings. The molecule has 3 aromatic heterocycles. The van der Waals surface area contributed by atoms with Crippen LogP contribution in [0.3, 0.4) is 0 Å². The molecule has 0 aliphatic carbocycles. The van der Waals surface area contributed by atoms with Crippen LogP contribution in [0.1, 0.15) is 18.2 Å². The number of aromatic nitrogens is 5. The van der Waals surface area contributed by atoms with Gasteiger partial charge in [-0.15, -0.1) is 0 Å².